The molecule has 4 aromatic rings. The van der Waals surface area contributed by atoms with E-state index in [2.05, 4.69) is 69.1 Å². The third-order valence-corrected chi connectivity index (χ3v) is 5.28. The van der Waals surface area contributed by atoms with Gasteiger partial charge >= 0.3 is 0 Å². The number of nitrogens with one attached hydrogen (secondary N) is 2. The predicted molar refractivity (Wildman–Crippen MR) is 138 cm³/mol. The van der Waals surface area contributed by atoms with Crippen LogP contribution in [0, 0.1) is 0 Å². The molecule has 2 N–H and O–H groups in total. The molecule has 0 atom stereocenters. The fraction of sp³-hybridized carbons (Fsp3) is 0.280. The number of fused-ring (bicyclic) bond motifs is 2. The monoisotopic (exact) mass is 456 g/mol. The van der Waals surface area contributed by atoms with Gasteiger partial charge in [-0.2, -0.15) is 0 Å². The highest BCUT2D eigenvalue weighted by atomic mass is 35.5. The summed E-state index contributed by atoms with van der Waals surface area (Å²) >= 11 is 0. The highest BCUT2D eigenvalue weighted by molar-refractivity contribution is 5.91. The first-order valence-electron chi connectivity index (χ1n) is 10.6. The Bertz CT molecular complexity index is 975. The van der Waals surface area contributed by atoms with Crippen molar-refractivity contribution in [2.45, 2.75) is 32.1 Å². The zero-order valence-corrected chi connectivity index (χ0v) is 19.2. The maximum Gasteiger partial charge on any atom is 0.0722 e. The van der Waals surface area contributed by atoms with E-state index in [0.29, 0.717) is 0 Å². The molecule has 0 saturated heterocycles. The summed E-state index contributed by atoms with van der Waals surface area (Å²) in [6.45, 7) is 2.02. The van der Waals surface area contributed by atoms with E-state index in [4.69, 9.17) is 0 Å². The molecule has 2 aromatic heterocycles. The van der Waals surface area contributed by atoms with Crippen LogP contribution in [0.3, 0.4) is 0 Å². The van der Waals surface area contributed by atoms with E-state index in [1.807, 2.05) is 24.5 Å². The Kier molecular flexibility index (Phi) is 10.3. The van der Waals surface area contributed by atoms with Crippen LogP contribution in [-0.2, 0) is 0 Å². The van der Waals surface area contributed by atoms with Crippen LogP contribution in [0.15, 0.2) is 73.1 Å². The van der Waals surface area contributed by atoms with Gasteiger partial charge < -0.3 is 10.6 Å². The lowest BCUT2D eigenvalue weighted by Gasteiger charge is -2.10. The molecule has 31 heavy (non-hydrogen) atoms. The normalized spacial score (nSPS) is 10.3. The number of hydrogen-bond acceptors (Lipinski definition) is 4. The summed E-state index contributed by atoms with van der Waals surface area (Å²) < 4.78 is 0. The highest BCUT2D eigenvalue weighted by Crippen LogP contribution is 2.22. The maximum atomic E-state index is 4.42. The third-order valence-electron chi connectivity index (χ3n) is 5.28. The highest BCUT2D eigenvalue weighted by Gasteiger charge is 2.01. The van der Waals surface area contributed by atoms with Crippen LogP contribution in [0.5, 0.6) is 0 Å². The summed E-state index contributed by atoms with van der Waals surface area (Å²) in [5.41, 5.74) is 4.47. The molecular weight excluding hydrogens is 427 g/mol. The summed E-state index contributed by atoms with van der Waals surface area (Å²) in [4.78, 5) is 8.83. The number of para-hydroxylation sites is 2. The molecule has 0 amide bonds. The Labute approximate surface area is 196 Å². The van der Waals surface area contributed by atoms with Crippen molar-refractivity contribution >= 4 is 58.0 Å². The van der Waals surface area contributed by atoms with Crippen LogP contribution < -0.4 is 10.6 Å². The maximum absolute atomic E-state index is 4.42. The van der Waals surface area contributed by atoms with Crippen molar-refractivity contribution in [3.8, 4) is 0 Å². The minimum Gasteiger partial charge on any atom is -0.384 e. The Morgan fingerprint density at radius 1 is 0.516 bits per heavy atom. The fourth-order valence-electron chi connectivity index (χ4n) is 3.73. The van der Waals surface area contributed by atoms with Crippen LogP contribution >= 0.6 is 24.8 Å². The van der Waals surface area contributed by atoms with Crippen molar-refractivity contribution in [3.05, 3.63) is 73.1 Å². The Hall–Kier alpha value is -2.56. The number of anilines is 2. The van der Waals surface area contributed by atoms with Gasteiger partial charge in [-0.3, -0.25) is 9.97 Å². The van der Waals surface area contributed by atoms with Crippen LogP contribution in [0.25, 0.3) is 21.8 Å². The van der Waals surface area contributed by atoms with Gasteiger partial charge in [0.15, 0.2) is 0 Å². The number of aromatic nitrogens is 2. The lowest BCUT2D eigenvalue weighted by Crippen LogP contribution is -2.03. The molecule has 0 aliphatic heterocycles. The van der Waals surface area contributed by atoms with Gasteiger partial charge in [0, 0.05) is 47.6 Å². The topological polar surface area (TPSA) is 49.8 Å². The van der Waals surface area contributed by atoms with Gasteiger partial charge in [-0.25, -0.2) is 0 Å². The standard InChI is InChI=1S/C25H28N4.2ClH/c1(2-8-16-26-24-14-18-28-22-12-6-4-10-20(22)24)3-9-17-27-25-15-19-29-23-13-7-5-11-21(23)25;;/h4-7,10-15,18-19H,1-3,8-9,16-17H2,(H,26,28)(H,27,29);2*1H. The number of nitrogens with zero attached hydrogens (tertiary/aromatic N) is 2. The molecule has 0 aliphatic rings. The number of benzene rings is 2. The van der Waals surface area contributed by atoms with Gasteiger partial charge in [0.1, 0.15) is 0 Å². The fourth-order valence-corrected chi connectivity index (χ4v) is 3.73. The second-order valence-corrected chi connectivity index (χ2v) is 7.37. The molecule has 2 aromatic carbocycles. The Morgan fingerprint density at radius 2 is 0.935 bits per heavy atom. The van der Waals surface area contributed by atoms with E-state index in [1.165, 1.54) is 54.3 Å². The molecule has 4 rings (SSSR count). The molecule has 2 heterocycles. The van der Waals surface area contributed by atoms with Crippen molar-refractivity contribution in [2.24, 2.45) is 0 Å². The largest absolute Gasteiger partial charge is 0.384 e. The Morgan fingerprint density at radius 3 is 1.42 bits per heavy atom. The Balaban J connectivity index is 0.00000171. The van der Waals surface area contributed by atoms with E-state index in [-0.39, 0.29) is 24.8 Å². The predicted octanol–water partition coefficient (Wildman–Crippen LogP) is 7.10. The molecular formula is C25H30Cl2N4. The van der Waals surface area contributed by atoms with Crippen molar-refractivity contribution < 1.29 is 0 Å². The lowest BCUT2D eigenvalue weighted by molar-refractivity contribution is 0.635. The average Bonchev–Trinajstić information content (AvgIpc) is 2.78. The summed E-state index contributed by atoms with van der Waals surface area (Å²) in [5, 5.41) is 9.54. The van der Waals surface area contributed by atoms with E-state index in [9.17, 15) is 0 Å². The molecule has 164 valence electrons. The number of pyridine rings is 2. The number of hydrogen-bond donors (Lipinski definition) is 2. The van der Waals surface area contributed by atoms with Gasteiger partial charge in [-0.1, -0.05) is 55.7 Å². The third kappa shape index (κ3) is 6.71. The van der Waals surface area contributed by atoms with E-state index >= 15 is 0 Å². The van der Waals surface area contributed by atoms with E-state index in [1.54, 1.807) is 0 Å². The molecule has 0 bridgehead atoms. The van der Waals surface area contributed by atoms with Gasteiger partial charge in [0.05, 0.1) is 11.0 Å². The van der Waals surface area contributed by atoms with Crippen LogP contribution in [0.4, 0.5) is 11.4 Å². The second kappa shape index (κ2) is 13.0. The van der Waals surface area contributed by atoms with Crippen molar-refractivity contribution in [1.29, 1.82) is 0 Å². The summed E-state index contributed by atoms with van der Waals surface area (Å²) in [7, 11) is 0. The lowest BCUT2D eigenvalue weighted by atomic mass is 10.1. The molecule has 0 saturated carbocycles. The first-order chi connectivity index (χ1) is 14.4. The van der Waals surface area contributed by atoms with Crippen molar-refractivity contribution in [1.82, 2.24) is 9.97 Å². The minimum absolute atomic E-state index is 0. The van der Waals surface area contributed by atoms with Crippen molar-refractivity contribution in [3.63, 3.8) is 0 Å². The number of rotatable bonds is 10. The molecule has 0 fully saturated rings. The van der Waals surface area contributed by atoms with Gasteiger partial charge in [0.25, 0.3) is 0 Å². The SMILES string of the molecule is Cl.Cl.c1ccc2c(NCCCCCCCNc3ccnc4ccccc34)ccnc2c1. The minimum atomic E-state index is 0. The molecule has 4 nitrogen and oxygen atoms in total. The van der Waals surface area contributed by atoms with Crippen LogP contribution in [0.1, 0.15) is 32.1 Å². The van der Waals surface area contributed by atoms with Gasteiger partial charge in [-0.15, -0.1) is 24.8 Å². The number of unbranched alkanes of at least 4 members (excludes halogenated alkanes) is 4. The van der Waals surface area contributed by atoms with Gasteiger partial charge in [0.2, 0.25) is 0 Å². The van der Waals surface area contributed by atoms with E-state index < -0.39 is 0 Å². The smallest absolute Gasteiger partial charge is 0.0722 e. The van der Waals surface area contributed by atoms with Crippen LogP contribution in [-0.4, -0.2) is 23.1 Å². The summed E-state index contributed by atoms with van der Waals surface area (Å²) in [5.74, 6) is 0. The summed E-state index contributed by atoms with van der Waals surface area (Å²) in [6.07, 6.45) is 9.94. The summed E-state index contributed by atoms with van der Waals surface area (Å²) in [6, 6.07) is 20.7. The first kappa shape index (κ1) is 24.7. The quantitative estimate of drug-likeness (QED) is 0.249. The van der Waals surface area contributed by atoms with Crippen molar-refractivity contribution in [2.75, 3.05) is 23.7 Å². The molecule has 0 radical (unpaired) electrons. The molecule has 0 spiro atoms. The number of halogens is 2. The first-order valence-corrected chi connectivity index (χ1v) is 10.6. The molecule has 0 unspecified atom stereocenters. The van der Waals surface area contributed by atoms with E-state index in [0.717, 1.165) is 24.1 Å². The van der Waals surface area contributed by atoms with Crippen LogP contribution in [0.2, 0.25) is 0 Å². The van der Waals surface area contributed by atoms with Gasteiger partial charge in [-0.05, 0) is 37.1 Å². The molecule has 0 aliphatic carbocycles. The molecule has 6 heteroatoms. The zero-order chi connectivity index (χ0) is 19.7. The second-order valence-electron chi connectivity index (χ2n) is 7.37. The average molecular weight is 457 g/mol. The zero-order valence-electron chi connectivity index (χ0n) is 17.6.